The lowest BCUT2D eigenvalue weighted by atomic mass is 10.3. The average molecular weight is 414 g/mol. The first kappa shape index (κ1) is 19.4. The Kier molecular flexibility index (Phi) is 5.25. The van der Waals surface area contributed by atoms with Gasteiger partial charge in [-0.15, -0.1) is 0 Å². The molecule has 0 unspecified atom stereocenters. The van der Waals surface area contributed by atoms with Gasteiger partial charge >= 0.3 is 0 Å². The lowest BCUT2D eigenvalue weighted by molar-refractivity contribution is 0.196. The number of para-hydroxylation sites is 2. The molecule has 4 rings (SSSR count). The second-order valence-corrected chi connectivity index (χ2v) is 8.50. The lowest BCUT2D eigenvalue weighted by Gasteiger charge is -2.20. The zero-order chi connectivity index (χ0) is 20.4. The topological polar surface area (TPSA) is 84.9 Å². The fourth-order valence-corrected chi connectivity index (χ4v) is 4.67. The van der Waals surface area contributed by atoms with Gasteiger partial charge in [0.25, 0.3) is 10.0 Å². The summed E-state index contributed by atoms with van der Waals surface area (Å²) in [5, 5.41) is 0. The van der Waals surface area contributed by atoms with Crippen molar-refractivity contribution in [3.8, 4) is 5.75 Å². The van der Waals surface area contributed by atoms with Crippen molar-refractivity contribution in [1.82, 2.24) is 9.97 Å². The normalized spacial score (nSPS) is 13.7. The minimum atomic E-state index is -3.81. The zero-order valence-corrected chi connectivity index (χ0v) is 17.1. The Morgan fingerprint density at radius 3 is 2.24 bits per heavy atom. The van der Waals surface area contributed by atoms with E-state index in [0.717, 1.165) is 11.9 Å². The van der Waals surface area contributed by atoms with Gasteiger partial charge in [0.2, 0.25) is 0 Å². The Balaban J connectivity index is 1.77. The van der Waals surface area contributed by atoms with E-state index < -0.39 is 10.0 Å². The van der Waals surface area contributed by atoms with E-state index in [4.69, 9.17) is 14.5 Å². The van der Waals surface area contributed by atoms with Gasteiger partial charge in [-0.2, -0.15) is 0 Å². The molecule has 0 atom stereocenters. The molecule has 0 saturated carbocycles. The molecule has 0 aliphatic carbocycles. The third-order valence-corrected chi connectivity index (χ3v) is 6.53. The van der Waals surface area contributed by atoms with Gasteiger partial charge < -0.3 is 14.4 Å². The molecule has 0 spiro atoms. The number of sulfonamides is 1. The van der Waals surface area contributed by atoms with E-state index in [1.54, 1.807) is 26.4 Å². The van der Waals surface area contributed by atoms with Gasteiger partial charge in [0.1, 0.15) is 12.4 Å². The molecule has 0 bridgehead atoms. The van der Waals surface area contributed by atoms with Crippen molar-refractivity contribution in [2.75, 3.05) is 43.2 Å². The van der Waals surface area contributed by atoms with Crippen molar-refractivity contribution in [3.63, 3.8) is 0 Å². The van der Waals surface area contributed by atoms with Crippen LogP contribution in [0.2, 0.25) is 0 Å². The quantitative estimate of drug-likeness (QED) is 0.550. The summed E-state index contributed by atoms with van der Waals surface area (Å²) in [4.78, 5) is 11.4. The first-order valence-corrected chi connectivity index (χ1v) is 10.7. The summed E-state index contributed by atoms with van der Waals surface area (Å²) < 4.78 is 38.3. The molecule has 1 aromatic heterocycles. The Morgan fingerprint density at radius 1 is 0.966 bits per heavy atom. The predicted octanol–water partition coefficient (Wildman–Crippen LogP) is 2.65. The van der Waals surface area contributed by atoms with Crippen molar-refractivity contribution >= 4 is 32.7 Å². The van der Waals surface area contributed by atoms with Crippen molar-refractivity contribution in [2.45, 2.75) is 11.3 Å². The summed E-state index contributed by atoms with van der Waals surface area (Å²) in [5.74, 6) is 1.51. The fraction of sp³-hybridized carbons (Fsp3) is 0.300. The molecule has 0 saturated heterocycles. The summed E-state index contributed by atoms with van der Waals surface area (Å²) in [5.41, 5.74) is 1.38. The standard InChI is InChI=1S/C20H22N4O4S/c1-27-13-5-12-23-14-24(29(25,26)16-10-8-15(28-2)9-11-16)20-19(23)21-17-6-3-4-7-18(17)22-20/h3-4,6-11H,5,12-14H2,1-2H3. The molecule has 152 valence electrons. The number of nitrogens with zero attached hydrogens (tertiary/aromatic N) is 4. The SMILES string of the molecule is COCCCN1CN(S(=O)(=O)c2ccc(OC)cc2)c2nc3ccccc3nc21. The van der Waals surface area contributed by atoms with Crippen LogP contribution in [0.15, 0.2) is 53.4 Å². The maximum Gasteiger partial charge on any atom is 0.267 e. The lowest BCUT2D eigenvalue weighted by Crippen LogP contribution is -2.36. The Morgan fingerprint density at radius 2 is 1.62 bits per heavy atom. The molecule has 0 N–H and O–H groups in total. The number of hydrogen-bond acceptors (Lipinski definition) is 7. The highest BCUT2D eigenvalue weighted by molar-refractivity contribution is 7.92. The first-order chi connectivity index (χ1) is 14.0. The second-order valence-electron chi connectivity index (χ2n) is 6.64. The Hall–Kier alpha value is -2.91. The van der Waals surface area contributed by atoms with Crippen LogP contribution in [0.25, 0.3) is 11.0 Å². The van der Waals surface area contributed by atoms with Crippen LogP contribution in [-0.2, 0) is 14.8 Å². The Bertz CT molecular complexity index is 1120. The van der Waals surface area contributed by atoms with Crippen LogP contribution in [0, 0.1) is 0 Å². The summed E-state index contributed by atoms with van der Waals surface area (Å²) in [7, 11) is -0.622. The summed E-state index contributed by atoms with van der Waals surface area (Å²) >= 11 is 0. The number of methoxy groups -OCH3 is 2. The van der Waals surface area contributed by atoms with Crippen molar-refractivity contribution in [3.05, 3.63) is 48.5 Å². The maximum atomic E-state index is 13.4. The van der Waals surface area contributed by atoms with E-state index in [-0.39, 0.29) is 11.6 Å². The van der Waals surface area contributed by atoms with Crippen molar-refractivity contribution < 1.29 is 17.9 Å². The Labute approximate surface area is 169 Å². The van der Waals surface area contributed by atoms with E-state index in [0.29, 0.717) is 36.1 Å². The zero-order valence-electron chi connectivity index (χ0n) is 16.3. The van der Waals surface area contributed by atoms with Gasteiger partial charge in [0.15, 0.2) is 11.6 Å². The molecule has 29 heavy (non-hydrogen) atoms. The minimum absolute atomic E-state index is 0.156. The van der Waals surface area contributed by atoms with Gasteiger partial charge in [-0.05, 0) is 42.8 Å². The molecule has 2 aromatic carbocycles. The number of hydrogen-bond donors (Lipinski definition) is 0. The second kappa shape index (κ2) is 7.84. The van der Waals surface area contributed by atoms with E-state index >= 15 is 0 Å². The molecule has 3 aromatic rings. The van der Waals surface area contributed by atoms with Crippen LogP contribution in [0.5, 0.6) is 5.75 Å². The highest BCUT2D eigenvalue weighted by Gasteiger charge is 2.37. The number of anilines is 2. The summed E-state index contributed by atoms with van der Waals surface area (Å²) in [6, 6.07) is 13.8. The van der Waals surface area contributed by atoms with Crippen molar-refractivity contribution in [2.24, 2.45) is 0 Å². The monoisotopic (exact) mass is 414 g/mol. The van der Waals surface area contributed by atoms with Gasteiger partial charge in [0, 0.05) is 20.3 Å². The van der Waals surface area contributed by atoms with Crippen LogP contribution >= 0.6 is 0 Å². The molecule has 0 amide bonds. The third kappa shape index (κ3) is 3.58. The molecule has 1 aliphatic rings. The third-order valence-electron chi connectivity index (χ3n) is 4.79. The molecular formula is C20H22N4O4S. The van der Waals surface area contributed by atoms with Crippen LogP contribution < -0.4 is 13.9 Å². The van der Waals surface area contributed by atoms with E-state index in [1.165, 1.54) is 16.4 Å². The highest BCUT2D eigenvalue weighted by Crippen LogP contribution is 2.37. The molecular weight excluding hydrogens is 392 g/mol. The molecule has 8 nitrogen and oxygen atoms in total. The largest absolute Gasteiger partial charge is 0.497 e. The molecule has 9 heteroatoms. The van der Waals surface area contributed by atoms with E-state index in [1.807, 2.05) is 29.2 Å². The van der Waals surface area contributed by atoms with Crippen LogP contribution in [0.1, 0.15) is 6.42 Å². The van der Waals surface area contributed by atoms with Gasteiger partial charge in [-0.3, -0.25) is 0 Å². The van der Waals surface area contributed by atoms with E-state index in [2.05, 4.69) is 4.98 Å². The van der Waals surface area contributed by atoms with Gasteiger partial charge in [-0.25, -0.2) is 22.7 Å². The first-order valence-electron chi connectivity index (χ1n) is 9.22. The van der Waals surface area contributed by atoms with Crippen molar-refractivity contribution in [1.29, 1.82) is 0 Å². The van der Waals surface area contributed by atoms with Gasteiger partial charge in [0.05, 0.1) is 23.0 Å². The molecule has 0 fully saturated rings. The van der Waals surface area contributed by atoms with Gasteiger partial charge in [-0.1, -0.05) is 12.1 Å². The maximum absolute atomic E-state index is 13.4. The average Bonchev–Trinajstić information content (AvgIpc) is 3.10. The van der Waals surface area contributed by atoms with Crippen LogP contribution in [0.3, 0.4) is 0 Å². The molecule has 1 aliphatic heterocycles. The number of aromatic nitrogens is 2. The molecule has 2 heterocycles. The van der Waals surface area contributed by atoms with Crippen LogP contribution in [-0.4, -0.2) is 52.4 Å². The number of ether oxygens (including phenoxy) is 2. The van der Waals surface area contributed by atoms with Crippen LogP contribution in [0.4, 0.5) is 11.6 Å². The number of rotatable bonds is 7. The van der Waals surface area contributed by atoms with E-state index in [9.17, 15) is 8.42 Å². The molecule has 0 radical (unpaired) electrons. The minimum Gasteiger partial charge on any atom is -0.497 e. The predicted molar refractivity (Wildman–Crippen MR) is 111 cm³/mol. The highest BCUT2D eigenvalue weighted by atomic mass is 32.2. The summed E-state index contributed by atoms with van der Waals surface area (Å²) in [6.45, 7) is 1.35. The smallest absolute Gasteiger partial charge is 0.267 e. The fourth-order valence-electron chi connectivity index (χ4n) is 3.29. The number of fused-ring (bicyclic) bond motifs is 2. The number of benzene rings is 2. The summed E-state index contributed by atoms with van der Waals surface area (Å²) in [6.07, 6.45) is 0.751.